The maximum Gasteiger partial charge on any atom is 0.141 e. The van der Waals surface area contributed by atoms with Crippen molar-refractivity contribution in [3.63, 3.8) is 0 Å². The zero-order valence-electron chi connectivity index (χ0n) is 10.7. The molecule has 1 heterocycles. The first kappa shape index (κ1) is 12.5. The summed E-state index contributed by atoms with van der Waals surface area (Å²) in [7, 11) is 0. The van der Waals surface area contributed by atoms with Gasteiger partial charge in [0.1, 0.15) is 12.2 Å². The maximum atomic E-state index is 5.61. The molecule has 0 aromatic carbocycles. The van der Waals surface area contributed by atoms with Gasteiger partial charge in [-0.05, 0) is 32.7 Å². The molecular weight excluding hydrogens is 214 g/mol. The predicted molar refractivity (Wildman–Crippen MR) is 67.4 cm³/mol. The van der Waals surface area contributed by atoms with Gasteiger partial charge in [0, 0.05) is 19.1 Å². The lowest BCUT2D eigenvalue weighted by atomic mass is 9.91. The van der Waals surface area contributed by atoms with Crippen molar-refractivity contribution in [1.82, 2.24) is 19.7 Å². The minimum atomic E-state index is 0.739. The third-order valence-electron chi connectivity index (χ3n) is 3.58. The Morgan fingerprint density at radius 1 is 1.53 bits per heavy atom. The number of hydrogen-bond acceptors (Lipinski definition) is 4. The summed E-state index contributed by atoms with van der Waals surface area (Å²) in [4.78, 5) is 6.87. The summed E-state index contributed by atoms with van der Waals surface area (Å²) in [6, 6.07) is 0.739. The van der Waals surface area contributed by atoms with E-state index in [9.17, 15) is 0 Å². The molecule has 0 radical (unpaired) electrons. The second-order valence-electron chi connectivity index (χ2n) is 4.69. The first-order valence-electron chi connectivity index (χ1n) is 6.66. The van der Waals surface area contributed by atoms with E-state index in [1.54, 1.807) is 6.33 Å². The van der Waals surface area contributed by atoms with Gasteiger partial charge in [-0.2, -0.15) is 5.10 Å². The fraction of sp³-hybridized carbons (Fsp3) is 0.833. The Morgan fingerprint density at radius 3 is 2.94 bits per heavy atom. The van der Waals surface area contributed by atoms with E-state index in [1.165, 1.54) is 19.3 Å². The normalized spacial score (nSPS) is 16.4. The Morgan fingerprint density at radius 2 is 2.35 bits per heavy atom. The highest BCUT2D eigenvalue weighted by Crippen LogP contribution is 2.25. The van der Waals surface area contributed by atoms with Crippen LogP contribution in [0, 0.1) is 0 Å². The summed E-state index contributed by atoms with van der Waals surface area (Å²) in [6.45, 7) is 5.76. The molecule has 1 aromatic heterocycles. The summed E-state index contributed by atoms with van der Waals surface area (Å²) in [6.07, 6.45) is 6.73. The largest absolute Gasteiger partial charge is 0.330 e. The van der Waals surface area contributed by atoms with Gasteiger partial charge in [0.15, 0.2) is 0 Å². The Balaban J connectivity index is 1.95. The van der Waals surface area contributed by atoms with Crippen molar-refractivity contribution in [2.45, 2.75) is 51.7 Å². The molecule has 0 unspecified atom stereocenters. The summed E-state index contributed by atoms with van der Waals surface area (Å²) in [5, 5.41) is 4.23. The molecule has 96 valence electrons. The van der Waals surface area contributed by atoms with Crippen LogP contribution in [-0.2, 0) is 13.1 Å². The molecule has 5 nitrogen and oxygen atoms in total. The molecule has 0 aliphatic heterocycles. The van der Waals surface area contributed by atoms with Gasteiger partial charge in [-0.15, -0.1) is 0 Å². The van der Waals surface area contributed by atoms with Crippen LogP contribution in [0.1, 0.15) is 38.4 Å². The Labute approximate surface area is 103 Å². The summed E-state index contributed by atoms with van der Waals surface area (Å²) in [5.74, 6) is 1.08. The fourth-order valence-electron chi connectivity index (χ4n) is 2.29. The van der Waals surface area contributed by atoms with E-state index in [1.807, 2.05) is 4.68 Å². The molecule has 5 heteroatoms. The molecule has 2 rings (SSSR count). The number of rotatable bonds is 7. The second-order valence-corrected chi connectivity index (χ2v) is 4.69. The highest BCUT2D eigenvalue weighted by atomic mass is 15.3. The van der Waals surface area contributed by atoms with Crippen molar-refractivity contribution < 1.29 is 0 Å². The molecule has 1 fully saturated rings. The third-order valence-corrected chi connectivity index (χ3v) is 3.58. The van der Waals surface area contributed by atoms with Crippen LogP contribution in [0.4, 0.5) is 0 Å². The van der Waals surface area contributed by atoms with E-state index in [4.69, 9.17) is 5.73 Å². The molecule has 17 heavy (non-hydrogen) atoms. The lowest BCUT2D eigenvalue weighted by Gasteiger charge is -2.37. The zero-order chi connectivity index (χ0) is 12.1. The van der Waals surface area contributed by atoms with E-state index in [0.29, 0.717) is 0 Å². The molecule has 1 aromatic rings. The van der Waals surface area contributed by atoms with E-state index in [2.05, 4.69) is 21.9 Å². The highest BCUT2D eigenvalue weighted by Gasteiger charge is 2.25. The van der Waals surface area contributed by atoms with Crippen LogP contribution in [0.2, 0.25) is 0 Å². The van der Waals surface area contributed by atoms with Crippen LogP contribution in [0.3, 0.4) is 0 Å². The molecule has 0 spiro atoms. The van der Waals surface area contributed by atoms with Crippen molar-refractivity contribution in [3.05, 3.63) is 12.2 Å². The van der Waals surface area contributed by atoms with Gasteiger partial charge in [-0.3, -0.25) is 4.90 Å². The van der Waals surface area contributed by atoms with Gasteiger partial charge in [0.25, 0.3) is 0 Å². The Bertz CT molecular complexity index is 331. The third kappa shape index (κ3) is 3.04. The van der Waals surface area contributed by atoms with Crippen LogP contribution < -0.4 is 5.73 Å². The van der Waals surface area contributed by atoms with E-state index >= 15 is 0 Å². The van der Waals surface area contributed by atoms with Crippen LogP contribution in [0.25, 0.3) is 0 Å². The van der Waals surface area contributed by atoms with Gasteiger partial charge >= 0.3 is 0 Å². The quantitative estimate of drug-likeness (QED) is 0.768. The van der Waals surface area contributed by atoms with Gasteiger partial charge in [-0.25, -0.2) is 9.67 Å². The highest BCUT2D eigenvalue weighted by molar-refractivity contribution is 4.89. The van der Waals surface area contributed by atoms with Crippen LogP contribution in [0.5, 0.6) is 0 Å². The summed E-state index contributed by atoms with van der Waals surface area (Å²) >= 11 is 0. The number of hydrogen-bond donors (Lipinski definition) is 1. The minimum Gasteiger partial charge on any atom is -0.330 e. The monoisotopic (exact) mass is 237 g/mol. The standard InChI is InChI=1S/C12H23N5/c1-2-17-12(14-10-15-17)9-16(8-4-7-13)11-5-3-6-11/h10-11H,2-9,13H2,1H3. The molecule has 0 amide bonds. The van der Waals surface area contributed by atoms with Crippen molar-refractivity contribution in [2.75, 3.05) is 13.1 Å². The number of nitrogens with zero attached hydrogens (tertiary/aromatic N) is 4. The first-order chi connectivity index (χ1) is 8.35. The van der Waals surface area contributed by atoms with Crippen molar-refractivity contribution in [3.8, 4) is 0 Å². The average molecular weight is 237 g/mol. The average Bonchev–Trinajstić information content (AvgIpc) is 2.70. The van der Waals surface area contributed by atoms with Gasteiger partial charge in [0.2, 0.25) is 0 Å². The number of aromatic nitrogens is 3. The Hall–Kier alpha value is -0.940. The second kappa shape index (κ2) is 6.12. The van der Waals surface area contributed by atoms with E-state index in [0.717, 1.165) is 44.5 Å². The van der Waals surface area contributed by atoms with E-state index in [-0.39, 0.29) is 0 Å². The van der Waals surface area contributed by atoms with Crippen molar-refractivity contribution in [1.29, 1.82) is 0 Å². The maximum absolute atomic E-state index is 5.61. The Kier molecular flexibility index (Phi) is 4.50. The van der Waals surface area contributed by atoms with Gasteiger partial charge in [-0.1, -0.05) is 6.42 Å². The summed E-state index contributed by atoms with van der Waals surface area (Å²) in [5.41, 5.74) is 5.61. The lowest BCUT2D eigenvalue weighted by Crippen LogP contribution is -2.41. The molecule has 1 aliphatic carbocycles. The molecule has 1 saturated carbocycles. The molecule has 0 saturated heterocycles. The summed E-state index contributed by atoms with van der Waals surface area (Å²) < 4.78 is 1.98. The van der Waals surface area contributed by atoms with Crippen molar-refractivity contribution >= 4 is 0 Å². The molecule has 0 bridgehead atoms. The topological polar surface area (TPSA) is 60.0 Å². The van der Waals surface area contributed by atoms with Crippen molar-refractivity contribution in [2.24, 2.45) is 5.73 Å². The predicted octanol–water partition coefficient (Wildman–Crippen LogP) is 1.00. The lowest BCUT2D eigenvalue weighted by molar-refractivity contribution is 0.114. The molecule has 0 atom stereocenters. The molecule has 2 N–H and O–H groups in total. The van der Waals surface area contributed by atoms with Crippen LogP contribution in [-0.4, -0.2) is 38.8 Å². The fourth-order valence-corrected chi connectivity index (χ4v) is 2.29. The SMILES string of the molecule is CCn1ncnc1CN(CCCN)C1CCC1. The molecular formula is C12H23N5. The smallest absolute Gasteiger partial charge is 0.141 e. The van der Waals surface area contributed by atoms with Crippen LogP contribution >= 0.6 is 0 Å². The van der Waals surface area contributed by atoms with Gasteiger partial charge < -0.3 is 5.73 Å². The van der Waals surface area contributed by atoms with Gasteiger partial charge in [0.05, 0.1) is 6.54 Å². The first-order valence-corrected chi connectivity index (χ1v) is 6.66. The zero-order valence-corrected chi connectivity index (χ0v) is 10.7. The number of nitrogens with two attached hydrogens (primary N) is 1. The van der Waals surface area contributed by atoms with Crippen LogP contribution in [0.15, 0.2) is 6.33 Å². The minimum absolute atomic E-state index is 0.739. The molecule has 1 aliphatic rings. The number of aryl methyl sites for hydroxylation is 1. The van der Waals surface area contributed by atoms with E-state index < -0.39 is 0 Å².